The Hall–Kier alpha value is -3.49. The van der Waals surface area contributed by atoms with Crippen LogP contribution in [0.25, 0.3) is 11.1 Å². The second kappa shape index (κ2) is 10.0. The Balaban J connectivity index is 1.49. The molecule has 160 valence electrons. The minimum atomic E-state index is -3.72. The molecule has 0 saturated carbocycles. The number of carbonyl (C=O) groups is 2. The van der Waals surface area contributed by atoms with E-state index in [1.54, 1.807) is 12.1 Å². The molecule has 0 fully saturated rings. The molecule has 3 aromatic carbocycles. The lowest BCUT2D eigenvalue weighted by molar-refractivity contribution is -0.114. The number of hydrogen-bond acceptors (Lipinski definition) is 4. The topological polar surface area (TPSA) is 104 Å². The monoisotopic (exact) mass is 437 g/mol. The van der Waals surface area contributed by atoms with E-state index in [1.165, 1.54) is 31.2 Å². The molecule has 7 nitrogen and oxygen atoms in total. The van der Waals surface area contributed by atoms with Crippen LogP contribution in [0.1, 0.15) is 17.3 Å². The molecule has 0 saturated heterocycles. The van der Waals surface area contributed by atoms with Crippen LogP contribution in [0.15, 0.2) is 83.8 Å². The minimum Gasteiger partial charge on any atom is -0.351 e. The van der Waals surface area contributed by atoms with Crippen LogP contribution in [-0.2, 0) is 14.8 Å². The maximum absolute atomic E-state index is 12.3. The first-order chi connectivity index (χ1) is 14.8. The summed E-state index contributed by atoms with van der Waals surface area (Å²) in [5.74, 6) is -0.516. The molecule has 0 heterocycles. The van der Waals surface area contributed by atoms with Crippen molar-refractivity contribution in [3.63, 3.8) is 0 Å². The summed E-state index contributed by atoms with van der Waals surface area (Å²) in [5, 5.41) is 5.27. The number of benzene rings is 3. The number of rotatable bonds is 8. The van der Waals surface area contributed by atoms with Crippen molar-refractivity contribution in [3.05, 3.63) is 84.4 Å². The van der Waals surface area contributed by atoms with Gasteiger partial charge in [-0.25, -0.2) is 13.1 Å². The molecule has 0 aromatic heterocycles. The lowest BCUT2D eigenvalue weighted by Gasteiger charge is -2.09. The average Bonchev–Trinajstić information content (AvgIpc) is 2.77. The van der Waals surface area contributed by atoms with Crippen LogP contribution in [0, 0.1) is 0 Å². The quantitative estimate of drug-likeness (QED) is 0.471. The fourth-order valence-corrected chi connectivity index (χ4v) is 3.94. The third-order valence-corrected chi connectivity index (χ3v) is 5.92. The molecule has 3 N–H and O–H groups in total. The van der Waals surface area contributed by atoms with Crippen molar-refractivity contribution in [2.75, 3.05) is 18.4 Å². The Kier molecular flexibility index (Phi) is 7.17. The van der Waals surface area contributed by atoms with Gasteiger partial charge in [-0.1, -0.05) is 42.5 Å². The van der Waals surface area contributed by atoms with Crippen LogP contribution in [0.5, 0.6) is 0 Å². The third-order valence-electron chi connectivity index (χ3n) is 4.44. The van der Waals surface area contributed by atoms with E-state index in [1.807, 2.05) is 42.5 Å². The highest BCUT2D eigenvalue weighted by Crippen LogP contribution is 2.19. The summed E-state index contributed by atoms with van der Waals surface area (Å²) < 4.78 is 27.1. The van der Waals surface area contributed by atoms with E-state index >= 15 is 0 Å². The van der Waals surface area contributed by atoms with Gasteiger partial charge in [0.15, 0.2) is 0 Å². The Morgan fingerprint density at radius 2 is 1.39 bits per heavy atom. The van der Waals surface area contributed by atoms with Crippen molar-refractivity contribution in [3.8, 4) is 11.1 Å². The first kappa shape index (κ1) is 22.2. The summed E-state index contributed by atoms with van der Waals surface area (Å²) in [6.45, 7) is 1.56. The van der Waals surface area contributed by atoms with Crippen molar-refractivity contribution in [2.45, 2.75) is 11.8 Å². The highest BCUT2D eigenvalue weighted by atomic mass is 32.2. The molecular weight excluding hydrogens is 414 g/mol. The normalized spacial score (nSPS) is 11.0. The summed E-state index contributed by atoms with van der Waals surface area (Å²) >= 11 is 0. The van der Waals surface area contributed by atoms with Crippen LogP contribution in [0.3, 0.4) is 0 Å². The molecule has 0 bridgehead atoms. The highest BCUT2D eigenvalue weighted by molar-refractivity contribution is 7.89. The van der Waals surface area contributed by atoms with E-state index in [0.717, 1.165) is 11.1 Å². The van der Waals surface area contributed by atoms with Gasteiger partial charge in [0.2, 0.25) is 15.9 Å². The average molecular weight is 438 g/mol. The Morgan fingerprint density at radius 3 is 2.00 bits per heavy atom. The number of hydrogen-bond donors (Lipinski definition) is 3. The van der Waals surface area contributed by atoms with Gasteiger partial charge in [0.25, 0.3) is 5.91 Å². The number of anilines is 1. The molecule has 0 aliphatic rings. The standard InChI is InChI=1S/C23H23N3O4S/c1-17(27)26-21-11-13-22(14-12-21)31(29,30)25-16-15-24-23(28)20-9-7-19(8-10-20)18-5-3-2-4-6-18/h2-14,25H,15-16H2,1H3,(H,24,28)(H,26,27). The Labute approximate surface area is 181 Å². The van der Waals surface area contributed by atoms with Crippen LogP contribution in [0.2, 0.25) is 0 Å². The first-order valence-electron chi connectivity index (χ1n) is 9.66. The lowest BCUT2D eigenvalue weighted by atomic mass is 10.0. The SMILES string of the molecule is CC(=O)Nc1ccc(S(=O)(=O)NCCNC(=O)c2ccc(-c3ccccc3)cc2)cc1. The van der Waals surface area contributed by atoms with Gasteiger partial charge in [0, 0.05) is 31.3 Å². The van der Waals surface area contributed by atoms with Crippen molar-refractivity contribution in [2.24, 2.45) is 0 Å². The molecule has 0 spiro atoms. The number of sulfonamides is 1. The van der Waals surface area contributed by atoms with Gasteiger partial charge in [0.05, 0.1) is 4.90 Å². The number of amides is 2. The maximum atomic E-state index is 12.3. The van der Waals surface area contributed by atoms with E-state index < -0.39 is 10.0 Å². The summed E-state index contributed by atoms with van der Waals surface area (Å²) in [4.78, 5) is 23.4. The van der Waals surface area contributed by atoms with Crippen LogP contribution in [0.4, 0.5) is 5.69 Å². The first-order valence-corrected chi connectivity index (χ1v) is 11.1. The molecule has 8 heteroatoms. The van der Waals surface area contributed by atoms with Gasteiger partial charge in [-0.3, -0.25) is 9.59 Å². The van der Waals surface area contributed by atoms with Gasteiger partial charge < -0.3 is 10.6 Å². The molecule has 0 unspecified atom stereocenters. The van der Waals surface area contributed by atoms with E-state index in [2.05, 4.69) is 15.4 Å². The minimum absolute atomic E-state index is 0.0453. The van der Waals surface area contributed by atoms with E-state index in [9.17, 15) is 18.0 Å². The van der Waals surface area contributed by atoms with E-state index in [-0.39, 0.29) is 29.8 Å². The summed E-state index contributed by atoms with van der Waals surface area (Å²) in [7, 11) is -3.72. The predicted molar refractivity (Wildman–Crippen MR) is 120 cm³/mol. The van der Waals surface area contributed by atoms with Crippen molar-refractivity contribution < 1.29 is 18.0 Å². The second-order valence-electron chi connectivity index (χ2n) is 6.80. The van der Waals surface area contributed by atoms with Gasteiger partial charge in [-0.15, -0.1) is 0 Å². The zero-order valence-corrected chi connectivity index (χ0v) is 17.8. The third kappa shape index (κ3) is 6.24. The fraction of sp³-hybridized carbons (Fsp3) is 0.130. The van der Waals surface area contributed by atoms with E-state index in [4.69, 9.17) is 0 Å². The predicted octanol–water partition coefficient (Wildman–Crippen LogP) is 3.02. The van der Waals surface area contributed by atoms with Crippen molar-refractivity contribution >= 4 is 27.5 Å². The Morgan fingerprint density at radius 1 is 0.774 bits per heavy atom. The molecule has 2 amide bonds. The van der Waals surface area contributed by atoms with Crippen LogP contribution >= 0.6 is 0 Å². The molecular formula is C23H23N3O4S. The number of nitrogens with one attached hydrogen (secondary N) is 3. The maximum Gasteiger partial charge on any atom is 0.251 e. The van der Waals surface area contributed by atoms with Gasteiger partial charge in [-0.05, 0) is 47.5 Å². The van der Waals surface area contributed by atoms with Crippen molar-refractivity contribution in [1.29, 1.82) is 0 Å². The highest BCUT2D eigenvalue weighted by Gasteiger charge is 2.13. The fourth-order valence-electron chi connectivity index (χ4n) is 2.91. The van der Waals surface area contributed by atoms with Crippen LogP contribution in [-0.4, -0.2) is 33.3 Å². The summed E-state index contributed by atoms with van der Waals surface area (Å²) in [6, 6.07) is 22.9. The van der Waals surface area contributed by atoms with E-state index in [0.29, 0.717) is 11.3 Å². The summed E-state index contributed by atoms with van der Waals surface area (Å²) in [6.07, 6.45) is 0. The molecule has 0 aliphatic heterocycles. The van der Waals surface area contributed by atoms with Crippen molar-refractivity contribution in [1.82, 2.24) is 10.0 Å². The number of carbonyl (C=O) groups excluding carboxylic acids is 2. The lowest BCUT2D eigenvalue weighted by Crippen LogP contribution is -2.34. The van der Waals surface area contributed by atoms with Gasteiger partial charge in [0.1, 0.15) is 0 Å². The second-order valence-corrected chi connectivity index (χ2v) is 8.57. The smallest absolute Gasteiger partial charge is 0.251 e. The molecule has 3 rings (SSSR count). The summed E-state index contributed by atoms with van der Waals surface area (Å²) in [5.41, 5.74) is 3.08. The van der Waals surface area contributed by atoms with Crippen LogP contribution < -0.4 is 15.4 Å². The van der Waals surface area contributed by atoms with Gasteiger partial charge >= 0.3 is 0 Å². The zero-order chi connectivity index (χ0) is 22.3. The molecule has 3 aromatic rings. The van der Waals surface area contributed by atoms with Gasteiger partial charge in [-0.2, -0.15) is 0 Å². The Bertz CT molecular complexity index is 1140. The largest absolute Gasteiger partial charge is 0.351 e. The molecule has 0 radical (unpaired) electrons. The zero-order valence-electron chi connectivity index (χ0n) is 17.0. The molecule has 0 atom stereocenters. The molecule has 31 heavy (non-hydrogen) atoms. The molecule has 0 aliphatic carbocycles.